The number of rotatable bonds is 17. The normalized spacial score (nSPS) is 20.7. The largest absolute Gasteiger partial charge is 0.356 e. The fourth-order valence-corrected chi connectivity index (χ4v) is 7.56. The van der Waals surface area contributed by atoms with Crippen molar-refractivity contribution in [1.82, 2.24) is 26.3 Å². The second-order valence-corrected chi connectivity index (χ2v) is 12.5. The van der Waals surface area contributed by atoms with E-state index < -0.39 is 0 Å². The van der Waals surface area contributed by atoms with Gasteiger partial charge >= 0.3 is 6.03 Å². The lowest BCUT2D eigenvalue weighted by Gasteiger charge is -2.16. The molecule has 2 fully saturated rings. The molecule has 194 valence electrons. The molecule has 3 heterocycles. The zero-order valence-electron chi connectivity index (χ0n) is 20.1. The van der Waals surface area contributed by atoms with Gasteiger partial charge in [-0.25, -0.2) is 9.78 Å². The molecular weight excluding hydrogens is 502 g/mol. The van der Waals surface area contributed by atoms with Crippen LogP contribution in [0.2, 0.25) is 0 Å². The zero-order chi connectivity index (χ0) is 24.7. The van der Waals surface area contributed by atoms with Crippen molar-refractivity contribution in [3.05, 3.63) is 24.4 Å². The van der Waals surface area contributed by atoms with E-state index in [-0.39, 0.29) is 29.9 Å². The van der Waals surface area contributed by atoms with Crippen LogP contribution in [0.3, 0.4) is 0 Å². The maximum atomic E-state index is 12.0. The first kappa shape index (κ1) is 28.0. The van der Waals surface area contributed by atoms with Gasteiger partial charge < -0.3 is 21.3 Å². The first-order chi connectivity index (χ1) is 17.1. The molecule has 4 N–H and O–H groups in total. The Morgan fingerprint density at radius 1 is 1.00 bits per heavy atom. The van der Waals surface area contributed by atoms with E-state index in [0.717, 1.165) is 68.0 Å². The number of fused-ring (bicyclic) bond motifs is 1. The van der Waals surface area contributed by atoms with E-state index in [0.29, 0.717) is 24.6 Å². The van der Waals surface area contributed by atoms with Crippen LogP contribution in [0.1, 0.15) is 57.8 Å². The maximum absolute atomic E-state index is 12.0. The molecule has 1 aromatic rings. The number of carbonyl (C=O) groups is 3. The first-order valence-electron chi connectivity index (χ1n) is 12.5. The minimum Gasteiger partial charge on any atom is -0.356 e. The second-order valence-electron chi connectivity index (χ2n) is 8.81. The smallest absolute Gasteiger partial charge is 0.315 e. The third-order valence-electron chi connectivity index (χ3n) is 6.02. The quantitative estimate of drug-likeness (QED) is 0.136. The second kappa shape index (κ2) is 16.2. The minimum absolute atomic E-state index is 0.0452. The first-order valence-corrected chi connectivity index (χ1v) is 15.9. The van der Waals surface area contributed by atoms with Gasteiger partial charge in [0.15, 0.2) is 0 Å². The summed E-state index contributed by atoms with van der Waals surface area (Å²) in [6.45, 7) is 1.43. The van der Waals surface area contributed by atoms with E-state index in [2.05, 4.69) is 26.3 Å². The van der Waals surface area contributed by atoms with Gasteiger partial charge in [0.1, 0.15) is 5.03 Å². The van der Waals surface area contributed by atoms with Crippen molar-refractivity contribution >= 4 is 51.2 Å². The number of thioether (sulfide) groups is 1. The lowest BCUT2D eigenvalue weighted by atomic mass is 10.0. The predicted octanol–water partition coefficient (Wildman–Crippen LogP) is 3.73. The van der Waals surface area contributed by atoms with Crippen molar-refractivity contribution < 1.29 is 14.4 Å². The monoisotopic (exact) mass is 539 g/mol. The fourth-order valence-electron chi connectivity index (χ4n) is 4.14. The molecule has 35 heavy (non-hydrogen) atoms. The number of carbonyl (C=O) groups excluding carboxylic acids is 3. The highest BCUT2D eigenvalue weighted by molar-refractivity contribution is 8.76. The van der Waals surface area contributed by atoms with Crippen molar-refractivity contribution in [3.8, 4) is 0 Å². The van der Waals surface area contributed by atoms with Crippen LogP contribution in [0.5, 0.6) is 0 Å². The predicted molar refractivity (Wildman–Crippen MR) is 146 cm³/mol. The van der Waals surface area contributed by atoms with Crippen LogP contribution in [0.25, 0.3) is 0 Å². The summed E-state index contributed by atoms with van der Waals surface area (Å²) in [5.74, 6) is 1.97. The highest BCUT2D eigenvalue weighted by Crippen LogP contribution is 2.33. The van der Waals surface area contributed by atoms with E-state index >= 15 is 0 Å². The van der Waals surface area contributed by atoms with Gasteiger partial charge in [0.25, 0.3) is 0 Å². The molecule has 0 aliphatic carbocycles. The summed E-state index contributed by atoms with van der Waals surface area (Å²) in [5, 5.41) is 13.4. The van der Waals surface area contributed by atoms with Gasteiger partial charge in [-0.05, 0) is 48.6 Å². The Morgan fingerprint density at radius 3 is 2.51 bits per heavy atom. The van der Waals surface area contributed by atoms with Gasteiger partial charge in [-0.1, -0.05) is 36.1 Å². The SMILES string of the molecule is O=C(CCCC[C@H]1SC[C@H]2NC(=O)N[C@@H]21)NCCCCCCNC(=O)CCSSc1ccccn1. The molecule has 2 aliphatic rings. The summed E-state index contributed by atoms with van der Waals surface area (Å²) < 4.78 is 0. The molecule has 0 unspecified atom stereocenters. The molecule has 0 aromatic carbocycles. The lowest BCUT2D eigenvalue weighted by Crippen LogP contribution is -2.36. The summed E-state index contributed by atoms with van der Waals surface area (Å²) in [5.41, 5.74) is 0. The van der Waals surface area contributed by atoms with Crippen LogP contribution in [-0.4, -0.2) is 64.8 Å². The molecule has 8 nitrogen and oxygen atoms in total. The van der Waals surface area contributed by atoms with E-state index in [1.165, 1.54) is 0 Å². The Bertz CT molecular complexity index is 802. The van der Waals surface area contributed by atoms with Crippen LogP contribution in [-0.2, 0) is 9.59 Å². The van der Waals surface area contributed by atoms with Crippen molar-refractivity contribution in [3.63, 3.8) is 0 Å². The molecule has 0 saturated carbocycles. The average molecular weight is 540 g/mol. The number of nitrogens with zero attached hydrogens (tertiary/aromatic N) is 1. The van der Waals surface area contributed by atoms with Crippen molar-refractivity contribution in [2.24, 2.45) is 0 Å². The van der Waals surface area contributed by atoms with Crippen LogP contribution in [0, 0.1) is 0 Å². The lowest BCUT2D eigenvalue weighted by molar-refractivity contribution is -0.121. The average Bonchev–Trinajstić information content (AvgIpc) is 3.41. The van der Waals surface area contributed by atoms with Gasteiger partial charge in [-0.15, -0.1) is 0 Å². The number of pyridine rings is 1. The third kappa shape index (κ3) is 10.9. The summed E-state index contributed by atoms with van der Waals surface area (Å²) in [7, 11) is 3.24. The number of urea groups is 1. The number of hydrogen-bond acceptors (Lipinski definition) is 7. The van der Waals surface area contributed by atoms with E-state index in [4.69, 9.17) is 0 Å². The van der Waals surface area contributed by atoms with E-state index in [9.17, 15) is 14.4 Å². The standard InChI is InChI=1S/C24H37N5O3S3/c30-20(10-4-3-9-19-23-18(17-33-19)28-24(32)29-23)25-13-6-1-2-7-14-26-21(31)12-16-34-35-22-11-5-8-15-27-22/h5,8,11,15,18-19,23H,1-4,6-7,9-10,12-14,16-17H2,(H,25,30)(H,26,31)(H2,28,29,32)/t18-,19-,23+/m1/s1. The van der Waals surface area contributed by atoms with Gasteiger partial charge in [0.05, 0.1) is 12.1 Å². The van der Waals surface area contributed by atoms with Gasteiger partial charge in [-0.2, -0.15) is 11.8 Å². The number of amides is 4. The summed E-state index contributed by atoms with van der Waals surface area (Å²) in [6.07, 6.45) is 9.84. The highest BCUT2D eigenvalue weighted by Gasteiger charge is 2.42. The van der Waals surface area contributed by atoms with Gasteiger partial charge in [-0.3, -0.25) is 9.59 Å². The maximum Gasteiger partial charge on any atom is 0.315 e. The zero-order valence-corrected chi connectivity index (χ0v) is 22.6. The fraction of sp³-hybridized carbons (Fsp3) is 0.667. The summed E-state index contributed by atoms with van der Waals surface area (Å²) in [4.78, 5) is 39.6. The minimum atomic E-state index is -0.0452. The van der Waals surface area contributed by atoms with E-state index in [1.807, 2.05) is 30.0 Å². The Balaban J connectivity index is 1.06. The number of unbranched alkanes of at least 4 members (excludes halogenated alkanes) is 4. The molecule has 0 spiro atoms. The van der Waals surface area contributed by atoms with Crippen LogP contribution >= 0.6 is 33.3 Å². The number of nitrogens with one attached hydrogen (secondary N) is 4. The Hall–Kier alpha value is -1.59. The molecule has 2 aliphatic heterocycles. The van der Waals surface area contributed by atoms with Crippen molar-refractivity contribution in [1.29, 1.82) is 0 Å². The third-order valence-corrected chi connectivity index (χ3v) is 9.80. The number of aromatic nitrogens is 1. The molecular formula is C24H37N5O3S3. The molecule has 3 rings (SSSR count). The molecule has 3 atom stereocenters. The summed E-state index contributed by atoms with van der Waals surface area (Å²) in [6, 6.07) is 6.28. The van der Waals surface area contributed by atoms with E-state index in [1.54, 1.807) is 27.8 Å². The highest BCUT2D eigenvalue weighted by atomic mass is 33.1. The molecule has 1 aromatic heterocycles. The molecule has 11 heteroatoms. The topological polar surface area (TPSA) is 112 Å². The van der Waals surface area contributed by atoms with Crippen LogP contribution < -0.4 is 21.3 Å². The Morgan fingerprint density at radius 2 is 1.77 bits per heavy atom. The Labute approximate surface area is 220 Å². The molecule has 0 radical (unpaired) electrons. The van der Waals surface area contributed by atoms with Crippen LogP contribution in [0.4, 0.5) is 4.79 Å². The Kier molecular flexibility index (Phi) is 13.0. The molecule has 4 amide bonds. The van der Waals surface area contributed by atoms with Crippen molar-refractivity contribution in [2.75, 3.05) is 24.6 Å². The molecule has 2 saturated heterocycles. The number of hydrogen-bond donors (Lipinski definition) is 4. The summed E-state index contributed by atoms with van der Waals surface area (Å²) >= 11 is 1.92. The van der Waals surface area contributed by atoms with Gasteiger partial charge in [0.2, 0.25) is 11.8 Å². The molecule has 0 bridgehead atoms. The van der Waals surface area contributed by atoms with Crippen molar-refractivity contribution in [2.45, 2.75) is 80.1 Å². The van der Waals surface area contributed by atoms with Crippen LogP contribution in [0.15, 0.2) is 29.4 Å². The van der Waals surface area contributed by atoms with Gasteiger partial charge in [0, 0.05) is 48.9 Å².